The Hall–Kier alpha value is -2.13. The molecule has 0 radical (unpaired) electrons. The number of nitrogen functional groups attached to an aromatic ring is 1. The summed E-state index contributed by atoms with van der Waals surface area (Å²) in [5, 5.41) is 13.4. The van der Waals surface area contributed by atoms with Gasteiger partial charge in [0.2, 0.25) is 0 Å². The minimum atomic E-state index is -0.217. The molecule has 0 aliphatic heterocycles. The number of aryl methyl sites for hydroxylation is 1. The van der Waals surface area contributed by atoms with Gasteiger partial charge in [-0.1, -0.05) is 5.92 Å². The summed E-state index contributed by atoms with van der Waals surface area (Å²) in [6.45, 7) is -0.217. The monoisotopic (exact) mass is 203 g/mol. The molecule has 0 bridgehead atoms. The number of aliphatic hydroxyl groups is 1. The summed E-state index contributed by atoms with van der Waals surface area (Å²) in [6, 6.07) is 0. The van der Waals surface area contributed by atoms with Crippen LogP contribution in [0.4, 0.5) is 5.82 Å². The van der Waals surface area contributed by atoms with E-state index in [9.17, 15) is 0 Å². The smallest absolute Gasteiger partial charge is 0.164 e. The molecule has 0 spiro atoms. The fraction of sp³-hybridized carbons (Fsp3) is 0.222. The Bertz CT molecular complexity index is 563. The first-order valence-corrected chi connectivity index (χ1v) is 4.27. The van der Waals surface area contributed by atoms with E-state index in [1.807, 2.05) is 0 Å². The third kappa shape index (κ3) is 1.49. The molecule has 0 aliphatic rings. The van der Waals surface area contributed by atoms with Gasteiger partial charge in [-0.3, -0.25) is 0 Å². The molecule has 15 heavy (non-hydrogen) atoms. The highest BCUT2D eigenvalue weighted by molar-refractivity contribution is 5.90. The quantitative estimate of drug-likeness (QED) is 0.552. The molecule has 0 aromatic carbocycles. The zero-order valence-corrected chi connectivity index (χ0v) is 8.10. The average Bonchev–Trinajstić information content (AvgIpc) is 2.55. The van der Waals surface area contributed by atoms with Crippen molar-refractivity contribution in [3.05, 3.63) is 12.0 Å². The summed E-state index contributed by atoms with van der Waals surface area (Å²) in [4.78, 5) is 7.92. The number of hydrogen-bond donors (Lipinski definition) is 2. The highest BCUT2D eigenvalue weighted by atomic mass is 16.2. The molecule has 0 atom stereocenters. The molecule has 6 heteroatoms. The highest BCUT2D eigenvalue weighted by Crippen LogP contribution is 2.19. The van der Waals surface area contributed by atoms with Gasteiger partial charge in [0.05, 0.1) is 5.39 Å². The van der Waals surface area contributed by atoms with E-state index < -0.39 is 0 Å². The summed E-state index contributed by atoms with van der Waals surface area (Å²) in [5.74, 6) is 5.57. The second kappa shape index (κ2) is 3.55. The van der Waals surface area contributed by atoms with Gasteiger partial charge in [-0.25, -0.2) is 14.6 Å². The van der Waals surface area contributed by atoms with E-state index in [0.717, 1.165) is 0 Å². The van der Waals surface area contributed by atoms with Crippen molar-refractivity contribution in [3.63, 3.8) is 0 Å². The van der Waals surface area contributed by atoms with Gasteiger partial charge >= 0.3 is 0 Å². The van der Waals surface area contributed by atoms with Gasteiger partial charge in [0.15, 0.2) is 5.65 Å². The molecule has 0 saturated carbocycles. The van der Waals surface area contributed by atoms with Crippen LogP contribution in [0.15, 0.2) is 6.33 Å². The van der Waals surface area contributed by atoms with E-state index in [1.165, 1.54) is 6.33 Å². The molecule has 0 fully saturated rings. The van der Waals surface area contributed by atoms with Gasteiger partial charge in [-0.05, 0) is 5.92 Å². The minimum absolute atomic E-state index is 0.217. The fourth-order valence-corrected chi connectivity index (χ4v) is 1.32. The second-order valence-electron chi connectivity index (χ2n) is 2.89. The molecule has 0 unspecified atom stereocenters. The average molecular weight is 203 g/mol. The predicted octanol–water partition coefficient (Wildman–Crippen LogP) is -0.711. The molecule has 2 rings (SSSR count). The number of hydrogen-bond acceptors (Lipinski definition) is 5. The molecule has 76 valence electrons. The van der Waals surface area contributed by atoms with Crippen LogP contribution in [0.25, 0.3) is 11.0 Å². The van der Waals surface area contributed by atoms with Crippen molar-refractivity contribution < 1.29 is 5.11 Å². The third-order valence-electron chi connectivity index (χ3n) is 1.94. The molecule has 3 N–H and O–H groups in total. The Balaban J connectivity index is 2.75. The minimum Gasteiger partial charge on any atom is -0.384 e. The van der Waals surface area contributed by atoms with Crippen molar-refractivity contribution in [2.24, 2.45) is 7.05 Å². The number of fused-ring (bicyclic) bond motifs is 1. The molecular weight excluding hydrogens is 194 g/mol. The Kier molecular flexibility index (Phi) is 2.23. The fourth-order valence-electron chi connectivity index (χ4n) is 1.32. The van der Waals surface area contributed by atoms with Crippen LogP contribution in [-0.2, 0) is 7.05 Å². The van der Waals surface area contributed by atoms with Crippen molar-refractivity contribution in [3.8, 4) is 11.8 Å². The molecular formula is C9H9N5O. The Labute approximate surface area is 85.8 Å². The maximum atomic E-state index is 8.61. The SMILES string of the molecule is Cn1nc(C#CCO)c2c(N)ncnc21. The van der Waals surface area contributed by atoms with Crippen LogP contribution < -0.4 is 5.73 Å². The second-order valence-corrected chi connectivity index (χ2v) is 2.89. The molecule has 2 aromatic rings. The van der Waals surface area contributed by atoms with E-state index >= 15 is 0 Å². The number of nitrogens with two attached hydrogens (primary N) is 1. The number of nitrogens with zero attached hydrogens (tertiary/aromatic N) is 4. The standard InChI is InChI=1S/C9H9N5O/c1-14-9-7(8(10)11-5-12-9)6(13-14)3-2-4-15/h5,15H,4H2,1H3,(H2,10,11,12). The lowest BCUT2D eigenvalue weighted by Crippen LogP contribution is -1.95. The summed E-state index contributed by atoms with van der Waals surface area (Å²) >= 11 is 0. The molecule has 0 aliphatic carbocycles. The van der Waals surface area contributed by atoms with Crippen LogP contribution in [0.5, 0.6) is 0 Å². The molecule has 0 amide bonds. The predicted molar refractivity (Wildman–Crippen MR) is 54.7 cm³/mol. The zero-order valence-electron chi connectivity index (χ0n) is 8.10. The van der Waals surface area contributed by atoms with Crippen LogP contribution in [-0.4, -0.2) is 31.5 Å². The first kappa shape index (κ1) is 9.43. The Morgan fingerprint density at radius 1 is 1.53 bits per heavy atom. The Morgan fingerprint density at radius 2 is 2.33 bits per heavy atom. The van der Waals surface area contributed by atoms with Gasteiger partial charge < -0.3 is 10.8 Å². The van der Waals surface area contributed by atoms with Gasteiger partial charge in [0, 0.05) is 7.05 Å². The summed E-state index contributed by atoms with van der Waals surface area (Å²) in [5.41, 5.74) is 6.82. The molecule has 0 saturated heterocycles. The normalized spacial score (nSPS) is 10.0. The molecule has 6 nitrogen and oxygen atoms in total. The third-order valence-corrected chi connectivity index (χ3v) is 1.94. The highest BCUT2D eigenvalue weighted by Gasteiger charge is 2.11. The van der Waals surface area contributed by atoms with Gasteiger partial charge in [-0.2, -0.15) is 5.10 Å². The van der Waals surface area contributed by atoms with Gasteiger partial charge in [0.25, 0.3) is 0 Å². The number of rotatable bonds is 0. The summed E-state index contributed by atoms with van der Waals surface area (Å²) in [7, 11) is 1.75. The van der Waals surface area contributed by atoms with Crippen LogP contribution in [0, 0.1) is 11.8 Å². The first-order chi connectivity index (χ1) is 7.24. The summed E-state index contributed by atoms with van der Waals surface area (Å²) in [6.07, 6.45) is 1.38. The van der Waals surface area contributed by atoms with Crippen molar-refractivity contribution >= 4 is 16.9 Å². The number of anilines is 1. The topological polar surface area (TPSA) is 89.8 Å². The Morgan fingerprint density at radius 3 is 3.07 bits per heavy atom. The van der Waals surface area contributed by atoms with Gasteiger partial charge in [-0.15, -0.1) is 0 Å². The van der Waals surface area contributed by atoms with Crippen LogP contribution >= 0.6 is 0 Å². The van der Waals surface area contributed by atoms with E-state index in [1.54, 1.807) is 11.7 Å². The summed E-state index contributed by atoms with van der Waals surface area (Å²) < 4.78 is 1.58. The zero-order chi connectivity index (χ0) is 10.8. The molecule has 2 aromatic heterocycles. The van der Waals surface area contributed by atoms with Crippen molar-refractivity contribution in [2.45, 2.75) is 0 Å². The van der Waals surface area contributed by atoms with Crippen molar-refractivity contribution in [1.29, 1.82) is 0 Å². The largest absolute Gasteiger partial charge is 0.384 e. The lowest BCUT2D eigenvalue weighted by Gasteiger charge is -1.93. The van der Waals surface area contributed by atoms with E-state index in [0.29, 0.717) is 22.5 Å². The van der Waals surface area contributed by atoms with Crippen molar-refractivity contribution in [1.82, 2.24) is 19.7 Å². The lowest BCUT2D eigenvalue weighted by molar-refractivity contribution is 0.350. The van der Waals surface area contributed by atoms with Crippen LogP contribution in [0.1, 0.15) is 5.69 Å². The van der Waals surface area contributed by atoms with Crippen molar-refractivity contribution in [2.75, 3.05) is 12.3 Å². The maximum Gasteiger partial charge on any atom is 0.164 e. The van der Waals surface area contributed by atoms with E-state index in [2.05, 4.69) is 26.9 Å². The lowest BCUT2D eigenvalue weighted by atomic mass is 10.3. The first-order valence-electron chi connectivity index (χ1n) is 4.27. The number of aromatic nitrogens is 4. The maximum absolute atomic E-state index is 8.61. The molecule has 2 heterocycles. The van der Waals surface area contributed by atoms with Gasteiger partial charge in [0.1, 0.15) is 24.4 Å². The van der Waals surface area contributed by atoms with E-state index in [4.69, 9.17) is 10.8 Å². The van der Waals surface area contributed by atoms with E-state index in [-0.39, 0.29) is 6.61 Å². The number of aliphatic hydroxyl groups excluding tert-OH is 1. The van der Waals surface area contributed by atoms with Crippen LogP contribution in [0.2, 0.25) is 0 Å². The van der Waals surface area contributed by atoms with Crippen LogP contribution in [0.3, 0.4) is 0 Å².